The van der Waals surface area contributed by atoms with Crippen molar-refractivity contribution in [1.82, 2.24) is 19.3 Å². The standard InChI is InChI=1S/C28H35FN4O/c1-22-25(26-7-4-5-8-27(26)33(22)16-6-15-30(2)3)13-14-28(34)32-19-17-31(18-20-32)21-23-9-11-24(29)12-10-23/h4-5,7-14H,6,15-21H2,1-3H3. The highest BCUT2D eigenvalue weighted by Crippen LogP contribution is 2.27. The Bertz CT molecular complexity index is 1140. The van der Waals surface area contributed by atoms with Gasteiger partial charge in [-0.05, 0) is 63.8 Å². The van der Waals surface area contributed by atoms with Crippen molar-refractivity contribution in [3.8, 4) is 0 Å². The van der Waals surface area contributed by atoms with E-state index in [4.69, 9.17) is 0 Å². The summed E-state index contributed by atoms with van der Waals surface area (Å²) in [7, 11) is 4.20. The first-order chi connectivity index (χ1) is 16.4. The maximum atomic E-state index is 13.1. The van der Waals surface area contributed by atoms with Gasteiger partial charge >= 0.3 is 0 Å². The molecule has 1 saturated heterocycles. The maximum absolute atomic E-state index is 13.1. The van der Waals surface area contributed by atoms with Gasteiger partial charge in [-0.2, -0.15) is 0 Å². The van der Waals surface area contributed by atoms with E-state index in [-0.39, 0.29) is 11.7 Å². The van der Waals surface area contributed by atoms with Crippen LogP contribution in [0.5, 0.6) is 0 Å². The Hall–Kier alpha value is -2.96. The van der Waals surface area contributed by atoms with Crippen LogP contribution < -0.4 is 0 Å². The van der Waals surface area contributed by atoms with Gasteiger partial charge in [0.25, 0.3) is 0 Å². The summed E-state index contributed by atoms with van der Waals surface area (Å²) in [5.41, 5.74) is 4.65. The van der Waals surface area contributed by atoms with Crippen molar-refractivity contribution in [3.05, 3.63) is 77.2 Å². The Balaban J connectivity index is 1.39. The van der Waals surface area contributed by atoms with Crippen LogP contribution in [0.15, 0.2) is 54.6 Å². The molecule has 0 N–H and O–H groups in total. The maximum Gasteiger partial charge on any atom is 0.246 e. The first-order valence-electron chi connectivity index (χ1n) is 12.1. The molecule has 1 aliphatic rings. The van der Waals surface area contributed by atoms with E-state index in [1.807, 2.05) is 23.1 Å². The fourth-order valence-electron chi connectivity index (χ4n) is 4.74. The summed E-state index contributed by atoms with van der Waals surface area (Å²) < 4.78 is 15.5. The molecule has 3 aromatic rings. The van der Waals surface area contributed by atoms with Crippen molar-refractivity contribution in [3.63, 3.8) is 0 Å². The quantitative estimate of drug-likeness (QED) is 0.465. The van der Waals surface area contributed by atoms with Gasteiger partial charge in [-0.15, -0.1) is 0 Å². The number of hydrogen-bond donors (Lipinski definition) is 0. The molecule has 4 rings (SSSR count). The fourth-order valence-corrected chi connectivity index (χ4v) is 4.74. The molecule has 0 bridgehead atoms. The van der Waals surface area contributed by atoms with Gasteiger partial charge in [-0.1, -0.05) is 30.3 Å². The third kappa shape index (κ3) is 5.75. The minimum atomic E-state index is -0.210. The molecule has 1 aromatic heterocycles. The highest BCUT2D eigenvalue weighted by molar-refractivity contribution is 5.97. The van der Waals surface area contributed by atoms with Crippen LogP contribution in [0, 0.1) is 12.7 Å². The number of aromatic nitrogens is 1. The molecule has 1 fully saturated rings. The zero-order chi connectivity index (χ0) is 24.1. The van der Waals surface area contributed by atoms with Crippen LogP contribution in [0.25, 0.3) is 17.0 Å². The lowest BCUT2D eigenvalue weighted by Crippen LogP contribution is -2.47. The van der Waals surface area contributed by atoms with E-state index < -0.39 is 0 Å². The van der Waals surface area contributed by atoms with Crippen LogP contribution in [0.1, 0.15) is 23.2 Å². The molecular weight excluding hydrogens is 427 g/mol. The van der Waals surface area contributed by atoms with Crippen LogP contribution in [0.2, 0.25) is 0 Å². The fraction of sp³-hybridized carbons (Fsp3) is 0.393. The third-order valence-corrected chi connectivity index (χ3v) is 6.66. The third-order valence-electron chi connectivity index (χ3n) is 6.66. The number of carbonyl (C=O) groups is 1. The number of aryl methyl sites for hydroxylation is 1. The van der Waals surface area contributed by atoms with Gasteiger partial charge in [0, 0.05) is 67.5 Å². The van der Waals surface area contributed by atoms with Crippen molar-refractivity contribution in [2.24, 2.45) is 0 Å². The van der Waals surface area contributed by atoms with Gasteiger partial charge < -0.3 is 14.4 Å². The topological polar surface area (TPSA) is 31.7 Å². The summed E-state index contributed by atoms with van der Waals surface area (Å²) in [6, 6.07) is 15.1. The van der Waals surface area contributed by atoms with Crippen molar-refractivity contribution in [2.45, 2.75) is 26.4 Å². The number of fused-ring (bicyclic) bond motifs is 1. The molecular formula is C28H35FN4O. The van der Waals surface area contributed by atoms with Gasteiger partial charge in [-0.3, -0.25) is 9.69 Å². The number of para-hydroxylation sites is 1. The molecule has 5 nitrogen and oxygen atoms in total. The van der Waals surface area contributed by atoms with Gasteiger partial charge in [0.15, 0.2) is 0 Å². The molecule has 0 saturated carbocycles. The van der Waals surface area contributed by atoms with E-state index in [9.17, 15) is 9.18 Å². The Labute approximate surface area is 202 Å². The van der Waals surface area contributed by atoms with E-state index in [0.717, 1.165) is 50.3 Å². The number of carbonyl (C=O) groups excluding carboxylic acids is 1. The molecule has 0 atom stereocenters. The zero-order valence-electron chi connectivity index (χ0n) is 20.5. The summed E-state index contributed by atoms with van der Waals surface area (Å²) in [4.78, 5) is 19.4. The Kier molecular flexibility index (Phi) is 7.80. The van der Waals surface area contributed by atoms with E-state index in [1.165, 1.54) is 28.7 Å². The second kappa shape index (κ2) is 11.0. The molecule has 0 spiro atoms. The highest BCUT2D eigenvalue weighted by atomic mass is 19.1. The van der Waals surface area contributed by atoms with Crippen LogP contribution in [0.3, 0.4) is 0 Å². The molecule has 180 valence electrons. The summed E-state index contributed by atoms with van der Waals surface area (Å²) in [6.07, 6.45) is 4.80. The molecule has 0 unspecified atom stereocenters. The van der Waals surface area contributed by atoms with E-state index in [1.54, 1.807) is 6.08 Å². The van der Waals surface area contributed by atoms with Crippen molar-refractivity contribution in [2.75, 3.05) is 46.8 Å². The molecule has 1 amide bonds. The molecule has 0 aliphatic carbocycles. The van der Waals surface area contributed by atoms with Crippen molar-refractivity contribution < 1.29 is 9.18 Å². The highest BCUT2D eigenvalue weighted by Gasteiger charge is 2.20. The Morgan fingerprint density at radius 2 is 1.74 bits per heavy atom. The van der Waals surface area contributed by atoms with Crippen LogP contribution in [-0.2, 0) is 17.9 Å². The number of hydrogen-bond acceptors (Lipinski definition) is 3. The van der Waals surface area contributed by atoms with Crippen LogP contribution >= 0.6 is 0 Å². The average molecular weight is 463 g/mol. The molecule has 1 aliphatic heterocycles. The SMILES string of the molecule is Cc1c(C=CC(=O)N2CCN(Cc3ccc(F)cc3)CC2)c2ccccc2n1CCCN(C)C. The lowest BCUT2D eigenvalue weighted by molar-refractivity contribution is -0.127. The van der Waals surface area contributed by atoms with E-state index in [2.05, 4.69) is 59.7 Å². The molecule has 6 heteroatoms. The summed E-state index contributed by atoms with van der Waals surface area (Å²) >= 11 is 0. The van der Waals surface area contributed by atoms with Gasteiger partial charge in [0.05, 0.1) is 0 Å². The number of rotatable bonds is 8. The number of amides is 1. The predicted octanol–water partition coefficient (Wildman–Crippen LogP) is 4.40. The molecule has 0 radical (unpaired) electrons. The number of nitrogens with zero attached hydrogens (tertiary/aromatic N) is 4. The number of piperazine rings is 1. The zero-order valence-corrected chi connectivity index (χ0v) is 20.5. The smallest absolute Gasteiger partial charge is 0.246 e. The lowest BCUT2D eigenvalue weighted by Gasteiger charge is -2.34. The minimum absolute atomic E-state index is 0.0604. The number of halogens is 1. The average Bonchev–Trinajstić information content (AvgIpc) is 3.10. The summed E-state index contributed by atoms with van der Waals surface area (Å²) in [6.45, 7) is 7.98. The number of benzene rings is 2. The lowest BCUT2D eigenvalue weighted by atomic mass is 10.1. The molecule has 2 heterocycles. The summed E-state index contributed by atoms with van der Waals surface area (Å²) in [5.74, 6) is -0.150. The van der Waals surface area contributed by atoms with Crippen LogP contribution in [0.4, 0.5) is 4.39 Å². The Morgan fingerprint density at radius 3 is 2.44 bits per heavy atom. The van der Waals surface area contributed by atoms with E-state index in [0.29, 0.717) is 13.1 Å². The summed E-state index contributed by atoms with van der Waals surface area (Å²) in [5, 5.41) is 1.19. The van der Waals surface area contributed by atoms with E-state index >= 15 is 0 Å². The van der Waals surface area contributed by atoms with Gasteiger partial charge in [-0.25, -0.2) is 4.39 Å². The minimum Gasteiger partial charge on any atom is -0.344 e. The second-order valence-electron chi connectivity index (χ2n) is 9.39. The van der Waals surface area contributed by atoms with Gasteiger partial charge in [0.2, 0.25) is 5.91 Å². The monoisotopic (exact) mass is 462 g/mol. The first-order valence-corrected chi connectivity index (χ1v) is 12.1. The predicted molar refractivity (Wildman–Crippen MR) is 137 cm³/mol. The van der Waals surface area contributed by atoms with Crippen LogP contribution in [-0.4, -0.2) is 72.0 Å². The van der Waals surface area contributed by atoms with Crippen molar-refractivity contribution in [1.29, 1.82) is 0 Å². The van der Waals surface area contributed by atoms with Gasteiger partial charge in [0.1, 0.15) is 5.82 Å². The molecule has 2 aromatic carbocycles. The first kappa shape index (κ1) is 24.2. The molecule has 34 heavy (non-hydrogen) atoms. The Morgan fingerprint density at radius 1 is 1.03 bits per heavy atom. The normalized spacial score (nSPS) is 15.1. The second-order valence-corrected chi connectivity index (χ2v) is 9.39. The van der Waals surface area contributed by atoms with Crippen molar-refractivity contribution >= 4 is 22.9 Å². The largest absolute Gasteiger partial charge is 0.344 e.